The van der Waals surface area contributed by atoms with Crippen LogP contribution in [0.5, 0.6) is 0 Å². The monoisotopic (exact) mass is 547 g/mol. The molecule has 2 N–H and O–H groups in total. The third kappa shape index (κ3) is 7.34. The molecule has 0 saturated heterocycles. The van der Waals surface area contributed by atoms with Crippen LogP contribution in [-0.2, 0) is 33.0 Å². The molecule has 1 aliphatic carbocycles. The summed E-state index contributed by atoms with van der Waals surface area (Å²) in [6.45, 7) is 3.10. The lowest BCUT2D eigenvalue weighted by atomic mass is 9.83. The number of sulfonamides is 1. The van der Waals surface area contributed by atoms with Gasteiger partial charge in [-0.3, -0.25) is 9.52 Å². The average molecular weight is 548 g/mol. The van der Waals surface area contributed by atoms with Crippen molar-refractivity contribution in [3.63, 3.8) is 0 Å². The van der Waals surface area contributed by atoms with Crippen molar-refractivity contribution in [2.45, 2.75) is 74.4 Å². The van der Waals surface area contributed by atoms with E-state index in [0.717, 1.165) is 50.5 Å². The van der Waals surface area contributed by atoms with E-state index in [1.807, 2.05) is 0 Å². The molecule has 0 aliphatic heterocycles. The van der Waals surface area contributed by atoms with Gasteiger partial charge in [-0.15, -0.1) is 11.8 Å². The average Bonchev–Trinajstić information content (AvgIpc) is 2.78. The van der Waals surface area contributed by atoms with Crippen LogP contribution in [0.4, 0.5) is 23.2 Å². The van der Waals surface area contributed by atoms with Crippen LogP contribution in [0.25, 0.3) is 0 Å². The molecule has 1 aromatic heterocycles. The summed E-state index contributed by atoms with van der Waals surface area (Å²) in [4.78, 5) is 16.9. The lowest BCUT2D eigenvalue weighted by Gasteiger charge is -2.25. The van der Waals surface area contributed by atoms with Crippen LogP contribution in [0, 0.1) is 5.82 Å². The van der Waals surface area contributed by atoms with E-state index < -0.39 is 39.0 Å². The predicted molar refractivity (Wildman–Crippen MR) is 132 cm³/mol. The fourth-order valence-corrected chi connectivity index (χ4v) is 5.81. The van der Waals surface area contributed by atoms with Crippen molar-refractivity contribution in [2.75, 3.05) is 11.0 Å². The standard InChI is InChI=1S/C24H29F4N3O3S2/c1-23(2,16-10-11-19(18(25)13-16)31-36(3,33)34)22(32)29-14-15-9-12-20(24(26,27)28)30-21(15)35-17-7-5-4-6-8-17/h9-13,17,31H,4-8,14H2,1-3H3,(H,29,32). The van der Waals surface area contributed by atoms with Gasteiger partial charge in [0.2, 0.25) is 15.9 Å². The third-order valence-corrected chi connectivity index (χ3v) is 8.03. The van der Waals surface area contributed by atoms with Crippen LogP contribution >= 0.6 is 11.8 Å². The SMILES string of the molecule is CC(C)(C(=O)NCc1ccc(C(F)(F)F)nc1SC1CCCCC1)c1ccc(NS(C)(=O)=O)c(F)c1. The Morgan fingerprint density at radius 2 is 1.78 bits per heavy atom. The largest absolute Gasteiger partial charge is 0.433 e. The Kier molecular flexibility index (Phi) is 8.59. The van der Waals surface area contributed by atoms with Gasteiger partial charge in [0.15, 0.2) is 0 Å². The molecule has 1 heterocycles. The Bertz CT molecular complexity index is 1210. The number of benzene rings is 1. The van der Waals surface area contributed by atoms with Crippen molar-refractivity contribution in [3.8, 4) is 0 Å². The number of nitrogens with zero attached hydrogens (tertiary/aromatic N) is 1. The van der Waals surface area contributed by atoms with Crippen LogP contribution in [0.3, 0.4) is 0 Å². The number of carbonyl (C=O) groups is 1. The Morgan fingerprint density at radius 1 is 1.11 bits per heavy atom. The van der Waals surface area contributed by atoms with Gasteiger partial charge in [0, 0.05) is 17.4 Å². The quantitative estimate of drug-likeness (QED) is 0.419. The number of rotatable bonds is 8. The van der Waals surface area contributed by atoms with E-state index in [2.05, 4.69) is 15.0 Å². The minimum atomic E-state index is -4.58. The maximum Gasteiger partial charge on any atom is 0.433 e. The summed E-state index contributed by atoms with van der Waals surface area (Å²) in [6.07, 6.45) is 1.27. The molecule has 0 radical (unpaired) electrons. The second kappa shape index (κ2) is 11.0. The molecule has 198 valence electrons. The summed E-state index contributed by atoms with van der Waals surface area (Å²) in [7, 11) is -3.68. The normalized spacial score (nSPS) is 15.5. The van der Waals surface area contributed by atoms with Gasteiger partial charge < -0.3 is 5.32 Å². The number of halogens is 4. The third-order valence-electron chi connectivity index (χ3n) is 6.05. The lowest BCUT2D eigenvalue weighted by Crippen LogP contribution is -2.40. The lowest BCUT2D eigenvalue weighted by molar-refractivity contribution is -0.141. The molecule has 1 aromatic carbocycles. The number of anilines is 1. The van der Waals surface area contributed by atoms with Crippen molar-refractivity contribution < 1.29 is 30.8 Å². The zero-order chi connectivity index (χ0) is 26.7. The number of aromatic nitrogens is 1. The first-order valence-corrected chi connectivity index (χ1v) is 14.2. The van der Waals surface area contributed by atoms with E-state index in [1.54, 1.807) is 13.8 Å². The van der Waals surface area contributed by atoms with Gasteiger partial charge in [0.05, 0.1) is 17.4 Å². The van der Waals surface area contributed by atoms with E-state index in [9.17, 15) is 30.8 Å². The molecule has 12 heteroatoms. The van der Waals surface area contributed by atoms with E-state index in [-0.39, 0.29) is 22.5 Å². The van der Waals surface area contributed by atoms with Crippen molar-refractivity contribution in [1.82, 2.24) is 10.3 Å². The minimum absolute atomic E-state index is 0.0430. The van der Waals surface area contributed by atoms with E-state index in [0.29, 0.717) is 11.1 Å². The Hall–Kier alpha value is -2.34. The summed E-state index contributed by atoms with van der Waals surface area (Å²) in [5.41, 5.74) is -1.65. The molecule has 1 fully saturated rings. The highest BCUT2D eigenvalue weighted by atomic mass is 32.2. The minimum Gasteiger partial charge on any atom is -0.351 e. The molecule has 1 aliphatic rings. The van der Waals surface area contributed by atoms with Gasteiger partial charge in [-0.25, -0.2) is 17.8 Å². The topological polar surface area (TPSA) is 88.2 Å². The number of nitrogens with one attached hydrogen (secondary N) is 2. The number of hydrogen-bond donors (Lipinski definition) is 2. The summed E-state index contributed by atoms with van der Waals surface area (Å²) in [6, 6.07) is 6.00. The molecule has 6 nitrogen and oxygen atoms in total. The number of carbonyl (C=O) groups excluding carboxylic acids is 1. The van der Waals surface area contributed by atoms with Gasteiger partial charge in [0.1, 0.15) is 16.5 Å². The van der Waals surface area contributed by atoms with Crippen LogP contribution in [0.15, 0.2) is 35.4 Å². The highest BCUT2D eigenvalue weighted by Gasteiger charge is 2.34. The van der Waals surface area contributed by atoms with Crippen molar-refractivity contribution in [3.05, 3.63) is 53.0 Å². The summed E-state index contributed by atoms with van der Waals surface area (Å²) in [5.74, 6) is -1.31. The molecule has 1 saturated carbocycles. The first-order chi connectivity index (χ1) is 16.7. The molecule has 0 atom stereocenters. The smallest absolute Gasteiger partial charge is 0.351 e. The summed E-state index contributed by atoms with van der Waals surface area (Å²) < 4.78 is 79.1. The molecule has 36 heavy (non-hydrogen) atoms. The predicted octanol–water partition coefficient (Wildman–Crippen LogP) is 5.63. The van der Waals surface area contributed by atoms with E-state index in [1.165, 1.54) is 30.0 Å². The molecule has 0 bridgehead atoms. The van der Waals surface area contributed by atoms with E-state index >= 15 is 0 Å². The Labute approximate surface area is 212 Å². The molecular weight excluding hydrogens is 518 g/mol. The summed E-state index contributed by atoms with van der Waals surface area (Å²) in [5, 5.41) is 3.15. The number of amides is 1. The number of thioether (sulfide) groups is 1. The van der Waals surface area contributed by atoms with Crippen molar-refractivity contribution in [1.29, 1.82) is 0 Å². The molecule has 3 rings (SSSR count). The zero-order valence-corrected chi connectivity index (χ0v) is 21.8. The van der Waals surface area contributed by atoms with Crippen molar-refractivity contribution in [2.24, 2.45) is 0 Å². The Balaban J connectivity index is 1.78. The Morgan fingerprint density at radius 3 is 2.36 bits per heavy atom. The maximum atomic E-state index is 14.5. The highest BCUT2D eigenvalue weighted by molar-refractivity contribution is 7.99. The van der Waals surface area contributed by atoms with Crippen molar-refractivity contribution >= 4 is 33.4 Å². The van der Waals surface area contributed by atoms with Crippen LogP contribution in [0.1, 0.15) is 62.8 Å². The van der Waals surface area contributed by atoms with Gasteiger partial charge in [-0.1, -0.05) is 31.4 Å². The van der Waals surface area contributed by atoms with E-state index in [4.69, 9.17) is 0 Å². The second-order valence-electron chi connectivity index (χ2n) is 9.41. The maximum absolute atomic E-state index is 14.5. The molecule has 1 amide bonds. The molecular formula is C24H29F4N3O3S2. The van der Waals surface area contributed by atoms with Gasteiger partial charge in [0.25, 0.3) is 0 Å². The van der Waals surface area contributed by atoms with Crippen LogP contribution < -0.4 is 10.0 Å². The van der Waals surface area contributed by atoms with Gasteiger partial charge in [-0.2, -0.15) is 13.2 Å². The fourth-order valence-electron chi connectivity index (χ4n) is 3.92. The van der Waals surface area contributed by atoms with Crippen LogP contribution in [0.2, 0.25) is 0 Å². The van der Waals surface area contributed by atoms with Gasteiger partial charge in [-0.05, 0) is 50.5 Å². The number of hydrogen-bond acceptors (Lipinski definition) is 5. The second-order valence-corrected chi connectivity index (χ2v) is 12.5. The fraction of sp³-hybridized carbons (Fsp3) is 0.500. The zero-order valence-electron chi connectivity index (χ0n) is 20.2. The number of alkyl halides is 3. The number of pyridine rings is 1. The van der Waals surface area contributed by atoms with Gasteiger partial charge >= 0.3 is 6.18 Å². The molecule has 0 spiro atoms. The van der Waals surface area contributed by atoms with Crippen LogP contribution in [-0.4, -0.2) is 30.8 Å². The first-order valence-electron chi connectivity index (χ1n) is 11.5. The summed E-state index contributed by atoms with van der Waals surface area (Å²) >= 11 is 1.32. The molecule has 0 unspecified atom stereocenters. The molecule has 2 aromatic rings. The highest BCUT2D eigenvalue weighted by Crippen LogP contribution is 2.37. The first kappa shape index (κ1) is 28.2.